The Balaban J connectivity index is 2.68. The fourth-order valence-corrected chi connectivity index (χ4v) is 1.44. The minimum atomic E-state index is -1.62. The quantitative estimate of drug-likeness (QED) is 0.395. The zero-order chi connectivity index (χ0) is 13.2. The molecule has 0 aromatic heterocycles. The monoisotopic (exact) mass is 251 g/mol. The van der Waals surface area contributed by atoms with E-state index in [0.29, 0.717) is 0 Å². The molecule has 4 N–H and O–H groups in total. The lowest BCUT2D eigenvalue weighted by Crippen LogP contribution is -2.60. The fourth-order valence-electron chi connectivity index (χ4n) is 1.44. The molecule has 0 radical (unpaired) electrons. The molecule has 0 saturated carbocycles. The van der Waals surface area contributed by atoms with E-state index in [1.807, 2.05) is 0 Å². The van der Waals surface area contributed by atoms with Crippen LogP contribution >= 0.6 is 0 Å². The molecule has 0 aromatic rings. The zero-order valence-corrected chi connectivity index (χ0v) is 9.09. The van der Waals surface area contributed by atoms with Gasteiger partial charge in [-0.3, -0.25) is 0 Å². The standard InChI is InChI=1S/C9H16O8/c1-3(8(14)15)16-9-7(13)6(12)5(11)4(2-10)17-9/h3-7,9-13H,2H2,1H3,(H,14,15)/p-1/t3-,4?,5-,6-,7?,9+/m0/s1. The fraction of sp³-hybridized carbons (Fsp3) is 0.889. The van der Waals surface area contributed by atoms with E-state index in [-0.39, 0.29) is 0 Å². The molecule has 0 spiro atoms. The largest absolute Gasteiger partial charge is 0.547 e. The lowest BCUT2D eigenvalue weighted by atomic mass is 9.99. The first kappa shape index (κ1) is 14.3. The molecule has 1 rings (SSSR count). The minimum absolute atomic E-state index is 0.607. The smallest absolute Gasteiger partial charge is 0.187 e. The van der Waals surface area contributed by atoms with Crippen LogP contribution in [0.15, 0.2) is 0 Å². The number of aliphatic hydroxyl groups is 4. The van der Waals surface area contributed by atoms with Gasteiger partial charge in [-0.15, -0.1) is 0 Å². The van der Waals surface area contributed by atoms with Crippen molar-refractivity contribution in [3.8, 4) is 0 Å². The molecule has 8 nitrogen and oxygen atoms in total. The van der Waals surface area contributed by atoms with Crippen LogP contribution in [0.4, 0.5) is 0 Å². The number of rotatable bonds is 4. The van der Waals surface area contributed by atoms with E-state index in [9.17, 15) is 25.2 Å². The van der Waals surface area contributed by atoms with Gasteiger partial charge in [-0.2, -0.15) is 0 Å². The summed E-state index contributed by atoms with van der Waals surface area (Å²) in [5.74, 6) is -1.51. The van der Waals surface area contributed by atoms with Crippen LogP contribution in [0.2, 0.25) is 0 Å². The second kappa shape index (κ2) is 5.71. The van der Waals surface area contributed by atoms with Crippen LogP contribution in [-0.4, -0.2) is 69.8 Å². The van der Waals surface area contributed by atoms with Crippen LogP contribution in [0.3, 0.4) is 0 Å². The van der Waals surface area contributed by atoms with E-state index in [4.69, 9.17) is 14.6 Å². The molecule has 100 valence electrons. The number of aliphatic hydroxyl groups excluding tert-OH is 4. The van der Waals surface area contributed by atoms with Crippen molar-refractivity contribution in [3.63, 3.8) is 0 Å². The van der Waals surface area contributed by atoms with Crippen LogP contribution in [0.25, 0.3) is 0 Å². The van der Waals surface area contributed by atoms with Gasteiger partial charge in [0.05, 0.1) is 18.7 Å². The van der Waals surface area contributed by atoms with Crippen LogP contribution in [0.5, 0.6) is 0 Å². The van der Waals surface area contributed by atoms with Gasteiger partial charge in [-0.25, -0.2) is 0 Å². The summed E-state index contributed by atoms with van der Waals surface area (Å²) in [5.41, 5.74) is 0. The van der Waals surface area contributed by atoms with Gasteiger partial charge < -0.3 is 39.8 Å². The molecule has 0 aliphatic carbocycles. The molecule has 1 fully saturated rings. The molecular formula is C9H15O8-. The Morgan fingerprint density at radius 1 is 1.35 bits per heavy atom. The number of hydrogen-bond acceptors (Lipinski definition) is 8. The van der Waals surface area contributed by atoms with Crippen LogP contribution < -0.4 is 5.11 Å². The summed E-state index contributed by atoms with van der Waals surface area (Å²) in [4.78, 5) is 10.4. The molecule has 6 atom stereocenters. The maximum absolute atomic E-state index is 10.4. The molecule has 1 heterocycles. The molecule has 1 aliphatic rings. The Kier molecular flexibility index (Phi) is 4.80. The van der Waals surface area contributed by atoms with Crippen LogP contribution in [-0.2, 0) is 14.3 Å². The van der Waals surface area contributed by atoms with Crippen molar-refractivity contribution in [2.24, 2.45) is 0 Å². The minimum Gasteiger partial charge on any atom is -0.547 e. The number of carbonyl (C=O) groups is 1. The highest BCUT2D eigenvalue weighted by atomic mass is 16.7. The zero-order valence-electron chi connectivity index (χ0n) is 9.09. The summed E-state index contributed by atoms with van der Waals surface area (Å²) >= 11 is 0. The highest BCUT2D eigenvalue weighted by molar-refractivity contribution is 5.69. The third kappa shape index (κ3) is 3.12. The van der Waals surface area contributed by atoms with Crippen LogP contribution in [0.1, 0.15) is 6.92 Å². The first-order chi connectivity index (χ1) is 7.88. The van der Waals surface area contributed by atoms with Crippen molar-refractivity contribution in [2.45, 2.75) is 43.7 Å². The van der Waals surface area contributed by atoms with Gasteiger partial charge in [-0.05, 0) is 6.92 Å². The van der Waals surface area contributed by atoms with Crippen molar-refractivity contribution in [1.29, 1.82) is 0 Å². The molecule has 1 aliphatic heterocycles. The Hall–Kier alpha value is -0.770. The van der Waals surface area contributed by atoms with Crippen molar-refractivity contribution < 1.29 is 39.8 Å². The summed E-state index contributed by atoms with van der Waals surface area (Å²) in [6.07, 6.45) is -8.68. The molecule has 1 saturated heterocycles. The van der Waals surface area contributed by atoms with Gasteiger partial charge in [0.25, 0.3) is 0 Å². The lowest BCUT2D eigenvalue weighted by molar-refractivity contribution is -0.340. The Labute approximate surface area is 97.0 Å². The van der Waals surface area contributed by atoms with Gasteiger partial charge in [-0.1, -0.05) is 0 Å². The van der Waals surface area contributed by atoms with Crippen molar-refractivity contribution in [3.05, 3.63) is 0 Å². The maximum Gasteiger partial charge on any atom is 0.187 e. The van der Waals surface area contributed by atoms with Gasteiger partial charge in [0.1, 0.15) is 24.4 Å². The van der Waals surface area contributed by atoms with Crippen LogP contribution in [0, 0.1) is 0 Å². The number of carboxylic acid groups (broad SMARTS) is 1. The lowest BCUT2D eigenvalue weighted by Gasteiger charge is -2.40. The van der Waals surface area contributed by atoms with Gasteiger partial charge in [0.2, 0.25) is 0 Å². The Bertz CT molecular complexity index is 268. The average molecular weight is 251 g/mol. The summed E-state index contributed by atoms with van der Waals surface area (Å²) in [7, 11) is 0. The molecule has 0 amide bonds. The molecule has 17 heavy (non-hydrogen) atoms. The number of hydrogen-bond donors (Lipinski definition) is 4. The van der Waals surface area contributed by atoms with E-state index in [2.05, 4.69) is 0 Å². The summed E-state index contributed by atoms with van der Waals surface area (Å²) in [6.45, 7) is 0.557. The first-order valence-corrected chi connectivity index (χ1v) is 5.05. The highest BCUT2D eigenvalue weighted by Gasteiger charge is 2.44. The predicted octanol–water partition coefficient (Wildman–Crippen LogP) is -4.06. The van der Waals surface area contributed by atoms with Gasteiger partial charge >= 0.3 is 0 Å². The van der Waals surface area contributed by atoms with Gasteiger partial charge in [0, 0.05) is 0 Å². The molecular weight excluding hydrogens is 236 g/mol. The Morgan fingerprint density at radius 3 is 2.41 bits per heavy atom. The van der Waals surface area contributed by atoms with E-state index in [0.717, 1.165) is 6.92 Å². The molecule has 0 aromatic carbocycles. The average Bonchev–Trinajstić information content (AvgIpc) is 2.29. The van der Waals surface area contributed by atoms with Gasteiger partial charge in [0.15, 0.2) is 6.29 Å². The van der Waals surface area contributed by atoms with E-state index in [1.165, 1.54) is 0 Å². The summed E-state index contributed by atoms with van der Waals surface area (Å²) < 4.78 is 9.73. The predicted molar refractivity (Wildman–Crippen MR) is 49.3 cm³/mol. The third-order valence-electron chi connectivity index (χ3n) is 2.52. The number of ether oxygens (including phenoxy) is 2. The van der Waals surface area contributed by atoms with Crippen molar-refractivity contribution in [2.75, 3.05) is 6.61 Å². The normalized spacial score (nSPS) is 39.9. The van der Waals surface area contributed by atoms with Crippen molar-refractivity contribution in [1.82, 2.24) is 0 Å². The number of aliphatic carboxylic acids is 1. The second-order valence-corrected chi connectivity index (χ2v) is 3.79. The number of carbonyl (C=O) groups excluding carboxylic acids is 1. The highest BCUT2D eigenvalue weighted by Crippen LogP contribution is 2.22. The molecule has 2 unspecified atom stereocenters. The topological polar surface area (TPSA) is 140 Å². The van der Waals surface area contributed by atoms with E-state index >= 15 is 0 Å². The van der Waals surface area contributed by atoms with E-state index < -0.39 is 49.4 Å². The third-order valence-corrected chi connectivity index (χ3v) is 2.52. The Morgan fingerprint density at radius 2 is 1.94 bits per heavy atom. The summed E-state index contributed by atoms with van der Waals surface area (Å²) in [6, 6.07) is 0. The van der Waals surface area contributed by atoms with E-state index in [1.54, 1.807) is 0 Å². The van der Waals surface area contributed by atoms with Crippen molar-refractivity contribution >= 4 is 5.97 Å². The molecule has 0 bridgehead atoms. The summed E-state index contributed by atoms with van der Waals surface area (Å²) in [5, 5.41) is 47.6. The SMILES string of the molecule is C[C@H](O[C@@H]1OC(CO)[C@H](O)[C@H](O)C1O)C(=O)[O-]. The second-order valence-electron chi connectivity index (χ2n) is 3.79. The number of carboxylic acids is 1. The maximum atomic E-state index is 10.4. The molecule has 8 heteroatoms. The first-order valence-electron chi connectivity index (χ1n) is 5.05.